The van der Waals surface area contributed by atoms with Crippen molar-refractivity contribution in [2.75, 3.05) is 21.3 Å². The van der Waals surface area contributed by atoms with Crippen molar-refractivity contribution in [2.24, 2.45) is 0 Å². The Kier molecular flexibility index (Phi) is 5.64. The van der Waals surface area contributed by atoms with Crippen LogP contribution in [0.1, 0.15) is 18.0 Å². The summed E-state index contributed by atoms with van der Waals surface area (Å²) in [5.74, 6) is 0.240. The minimum Gasteiger partial charge on any atom is -0.496 e. The van der Waals surface area contributed by atoms with Gasteiger partial charge in [-0.25, -0.2) is 0 Å². The number of ether oxygens (including phenoxy) is 3. The molecule has 20 heavy (non-hydrogen) atoms. The fourth-order valence-corrected chi connectivity index (χ4v) is 1.84. The Morgan fingerprint density at radius 1 is 1.20 bits per heavy atom. The van der Waals surface area contributed by atoms with Crippen molar-refractivity contribution in [3.8, 4) is 17.2 Å². The lowest BCUT2D eigenvalue weighted by atomic mass is 10.0. The number of hydrogen-bond acceptors (Lipinski definition) is 5. The van der Waals surface area contributed by atoms with E-state index < -0.39 is 12.0 Å². The summed E-state index contributed by atoms with van der Waals surface area (Å²) in [6.07, 6.45) is 0.175. The molecule has 0 saturated heterocycles. The summed E-state index contributed by atoms with van der Waals surface area (Å²) >= 11 is 0. The van der Waals surface area contributed by atoms with Gasteiger partial charge < -0.3 is 24.6 Å². The van der Waals surface area contributed by atoms with Gasteiger partial charge in [-0.2, -0.15) is 0 Å². The van der Waals surface area contributed by atoms with E-state index in [0.29, 0.717) is 29.2 Å². The lowest BCUT2D eigenvalue weighted by Crippen LogP contribution is -2.23. The van der Waals surface area contributed by atoms with Gasteiger partial charge in [0.1, 0.15) is 5.75 Å². The quantitative estimate of drug-likeness (QED) is 0.690. The number of methoxy groups -OCH3 is 3. The number of carbonyl (C=O) groups is 2. The topological polar surface area (TPSA) is 94.1 Å². The summed E-state index contributed by atoms with van der Waals surface area (Å²) < 4.78 is 15.5. The second-order valence-electron chi connectivity index (χ2n) is 3.88. The molecule has 0 spiro atoms. The van der Waals surface area contributed by atoms with Gasteiger partial charge in [0.05, 0.1) is 33.8 Å². The molecular formula is C13H17NO6. The van der Waals surface area contributed by atoms with Crippen LogP contribution in [0.3, 0.4) is 0 Å². The van der Waals surface area contributed by atoms with Crippen LogP contribution in [0, 0.1) is 0 Å². The third kappa shape index (κ3) is 3.53. The highest BCUT2D eigenvalue weighted by Crippen LogP contribution is 2.38. The molecule has 0 aromatic heterocycles. The first-order valence-electron chi connectivity index (χ1n) is 5.78. The molecule has 1 aromatic rings. The molecule has 7 nitrogen and oxygen atoms in total. The molecule has 110 valence electrons. The van der Waals surface area contributed by atoms with E-state index in [1.54, 1.807) is 12.1 Å². The number of benzene rings is 1. The molecule has 7 heteroatoms. The van der Waals surface area contributed by atoms with Crippen molar-refractivity contribution in [1.82, 2.24) is 5.32 Å². The normalized spacial score (nSPS) is 11.3. The summed E-state index contributed by atoms with van der Waals surface area (Å²) in [6.45, 7) is 0. The van der Waals surface area contributed by atoms with Crippen molar-refractivity contribution in [1.29, 1.82) is 0 Å². The summed E-state index contributed by atoms with van der Waals surface area (Å²) in [5.41, 5.74) is 0.500. The van der Waals surface area contributed by atoms with Crippen molar-refractivity contribution in [2.45, 2.75) is 12.5 Å². The van der Waals surface area contributed by atoms with Crippen LogP contribution >= 0.6 is 0 Å². The molecule has 1 unspecified atom stereocenters. The van der Waals surface area contributed by atoms with Crippen LogP contribution in [0.4, 0.5) is 0 Å². The maximum atomic E-state index is 10.9. The van der Waals surface area contributed by atoms with Crippen LogP contribution in [0.25, 0.3) is 0 Å². The Labute approximate surface area is 116 Å². The van der Waals surface area contributed by atoms with Crippen molar-refractivity contribution >= 4 is 12.4 Å². The highest BCUT2D eigenvalue weighted by molar-refractivity contribution is 5.69. The number of carboxylic acids is 1. The molecular weight excluding hydrogens is 266 g/mol. The number of hydrogen-bond donors (Lipinski definition) is 2. The molecule has 2 N–H and O–H groups in total. The van der Waals surface area contributed by atoms with Crippen molar-refractivity contribution < 1.29 is 28.9 Å². The predicted molar refractivity (Wildman–Crippen MR) is 70.3 cm³/mol. The fourth-order valence-electron chi connectivity index (χ4n) is 1.84. The van der Waals surface area contributed by atoms with Gasteiger partial charge in [0.15, 0.2) is 11.5 Å². The fraction of sp³-hybridized carbons (Fsp3) is 0.385. The van der Waals surface area contributed by atoms with Crippen molar-refractivity contribution in [3.63, 3.8) is 0 Å². The van der Waals surface area contributed by atoms with E-state index >= 15 is 0 Å². The third-order valence-electron chi connectivity index (χ3n) is 2.76. The zero-order chi connectivity index (χ0) is 15.1. The molecule has 0 aliphatic heterocycles. The Bertz CT molecular complexity index is 488. The van der Waals surface area contributed by atoms with Gasteiger partial charge >= 0.3 is 5.97 Å². The zero-order valence-corrected chi connectivity index (χ0v) is 11.5. The Morgan fingerprint density at radius 3 is 2.20 bits per heavy atom. The molecule has 0 radical (unpaired) electrons. The molecule has 1 aromatic carbocycles. The number of rotatable bonds is 8. The first-order valence-corrected chi connectivity index (χ1v) is 5.78. The standard InChI is InChI=1S/C13H17NO6/c1-18-10-6-12(20-3)11(19-2)4-8(10)9(14-7-15)5-13(16)17/h4,6-7,9H,5H2,1-3H3,(H,14,15)(H,16,17). The summed E-state index contributed by atoms with van der Waals surface area (Å²) in [4.78, 5) is 21.5. The Balaban J connectivity index is 3.30. The van der Waals surface area contributed by atoms with Crippen LogP contribution in [0.5, 0.6) is 17.2 Å². The highest BCUT2D eigenvalue weighted by Gasteiger charge is 2.21. The molecule has 1 atom stereocenters. The van der Waals surface area contributed by atoms with Crippen LogP contribution in [-0.4, -0.2) is 38.8 Å². The number of nitrogens with one attached hydrogen (secondary N) is 1. The molecule has 1 amide bonds. The van der Waals surface area contributed by atoms with E-state index in [2.05, 4.69) is 5.32 Å². The molecule has 0 fully saturated rings. The largest absolute Gasteiger partial charge is 0.496 e. The molecule has 1 rings (SSSR count). The number of carboxylic acid groups (broad SMARTS) is 1. The van der Waals surface area contributed by atoms with E-state index in [-0.39, 0.29) is 6.42 Å². The first-order chi connectivity index (χ1) is 9.57. The van der Waals surface area contributed by atoms with Crippen LogP contribution in [-0.2, 0) is 9.59 Å². The second kappa shape index (κ2) is 7.22. The lowest BCUT2D eigenvalue weighted by Gasteiger charge is -2.20. The predicted octanol–water partition coefficient (Wildman–Crippen LogP) is 0.974. The molecule has 0 heterocycles. The highest BCUT2D eigenvalue weighted by atomic mass is 16.5. The smallest absolute Gasteiger partial charge is 0.305 e. The van der Waals surface area contributed by atoms with Crippen LogP contribution in [0.15, 0.2) is 12.1 Å². The van der Waals surface area contributed by atoms with Crippen LogP contribution < -0.4 is 19.5 Å². The molecule has 0 saturated carbocycles. The Hall–Kier alpha value is -2.44. The minimum absolute atomic E-state index is 0.273. The van der Waals surface area contributed by atoms with E-state index in [1.807, 2.05) is 0 Å². The maximum absolute atomic E-state index is 10.9. The van der Waals surface area contributed by atoms with Gasteiger partial charge in [-0.05, 0) is 6.07 Å². The van der Waals surface area contributed by atoms with Crippen LogP contribution in [0.2, 0.25) is 0 Å². The monoisotopic (exact) mass is 283 g/mol. The molecule has 0 aliphatic carbocycles. The average molecular weight is 283 g/mol. The summed E-state index contributed by atoms with van der Waals surface area (Å²) in [5, 5.41) is 11.4. The van der Waals surface area contributed by atoms with Gasteiger partial charge in [-0.1, -0.05) is 0 Å². The maximum Gasteiger partial charge on any atom is 0.305 e. The number of amides is 1. The van der Waals surface area contributed by atoms with Gasteiger partial charge in [0, 0.05) is 11.6 Å². The molecule has 0 bridgehead atoms. The summed E-state index contributed by atoms with van der Waals surface area (Å²) in [6, 6.07) is 2.44. The SMILES string of the molecule is COc1cc(OC)c(C(CC(=O)O)NC=O)cc1OC. The lowest BCUT2D eigenvalue weighted by molar-refractivity contribution is -0.137. The van der Waals surface area contributed by atoms with E-state index in [0.717, 1.165) is 0 Å². The number of aliphatic carboxylic acids is 1. The zero-order valence-electron chi connectivity index (χ0n) is 11.5. The summed E-state index contributed by atoms with van der Waals surface area (Å²) in [7, 11) is 4.40. The van der Waals surface area contributed by atoms with E-state index in [4.69, 9.17) is 19.3 Å². The van der Waals surface area contributed by atoms with Gasteiger partial charge in [0.25, 0.3) is 0 Å². The molecule has 0 aliphatic rings. The van der Waals surface area contributed by atoms with E-state index in [9.17, 15) is 9.59 Å². The average Bonchev–Trinajstić information content (AvgIpc) is 2.44. The first kappa shape index (κ1) is 15.6. The number of carbonyl (C=O) groups excluding carboxylic acids is 1. The van der Waals surface area contributed by atoms with Gasteiger partial charge in [-0.15, -0.1) is 0 Å². The third-order valence-corrected chi connectivity index (χ3v) is 2.76. The second-order valence-corrected chi connectivity index (χ2v) is 3.88. The van der Waals surface area contributed by atoms with Gasteiger partial charge in [0.2, 0.25) is 6.41 Å². The minimum atomic E-state index is -1.04. The van der Waals surface area contributed by atoms with Gasteiger partial charge in [-0.3, -0.25) is 9.59 Å². The Morgan fingerprint density at radius 2 is 1.75 bits per heavy atom. The van der Waals surface area contributed by atoms with E-state index in [1.165, 1.54) is 21.3 Å². The van der Waals surface area contributed by atoms with Crippen molar-refractivity contribution in [3.05, 3.63) is 17.7 Å².